The van der Waals surface area contributed by atoms with Crippen LogP contribution in [-0.2, 0) is 16.1 Å². The highest BCUT2D eigenvalue weighted by atomic mass is 127. The van der Waals surface area contributed by atoms with Gasteiger partial charge in [0.25, 0.3) is 0 Å². The van der Waals surface area contributed by atoms with Crippen molar-refractivity contribution in [2.75, 3.05) is 67.1 Å². The first-order valence-corrected chi connectivity index (χ1v) is 11.4. The minimum absolute atomic E-state index is 0. The third-order valence-corrected chi connectivity index (χ3v) is 5.92. The number of nitrogens with zero attached hydrogens (tertiary/aromatic N) is 4. The van der Waals surface area contributed by atoms with E-state index in [0.717, 1.165) is 57.2 Å². The maximum Gasteiger partial charge on any atom is 0.243 e. The van der Waals surface area contributed by atoms with Crippen molar-refractivity contribution in [2.45, 2.75) is 31.9 Å². The van der Waals surface area contributed by atoms with Crippen molar-refractivity contribution in [1.29, 1.82) is 0 Å². The molecule has 3 rings (SSSR count). The number of hydrogen-bond donors (Lipinski definition) is 1. The molecule has 0 spiro atoms. The van der Waals surface area contributed by atoms with Crippen LogP contribution in [0, 0.1) is 5.82 Å². The zero-order valence-corrected chi connectivity index (χ0v) is 22.2. The Bertz CT molecular complexity index is 781. The first kappa shape index (κ1) is 27.6. The highest BCUT2D eigenvalue weighted by molar-refractivity contribution is 14.0. The van der Waals surface area contributed by atoms with Crippen LogP contribution in [0.2, 0.25) is 0 Å². The third kappa shape index (κ3) is 8.56. The van der Waals surface area contributed by atoms with Gasteiger partial charge in [0, 0.05) is 60.0 Å². The highest BCUT2D eigenvalue weighted by Gasteiger charge is 2.22. The van der Waals surface area contributed by atoms with E-state index in [2.05, 4.69) is 20.1 Å². The Morgan fingerprint density at radius 1 is 1.27 bits per heavy atom. The van der Waals surface area contributed by atoms with Crippen molar-refractivity contribution >= 4 is 35.8 Å². The average molecular weight is 577 g/mol. The average Bonchev–Trinajstić information content (AvgIpc) is 2.80. The van der Waals surface area contributed by atoms with Gasteiger partial charge in [-0.05, 0) is 37.0 Å². The molecular weight excluding hydrogens is 540 g/mol. The Balaban J connectivity index is 0.00000385. The highest BCUT2D eigenvalue weighted by Crippen LogP contribution is 2.19. The first-order chi connectivity index (χ1) is 15.5. The van der Waals surface area contributed by atoms with Crippen LogP contribution in [0.5, 0.6) is 5.75 Å². The summed E-state index contributed by atoms with van der Waals surface area (Å²) in [7, 11) is 4.94. The van der Waals surface area contributed by atoms with Crippen LogP contribution >= 0.6 is 24.0 Å². The summed E-state index contributed by atoms with van der Waals surface area (Å²) in [5.41, 5.74) is 0.926. The quantitative estimate of drug-likeness (QED) is 0.305. The van der Waals surface area contributed by atoms with E-state index in [-0.39, 0.29) is 54.1 Å². The summed E-state index contributed by atoms with van der Waals surface area (Å²) in [6.07, 6.45) is 3.53. The predicted octanol–water partition coefficient (Wildman–Crippen LogP) is 2.17. The molecule has 2 saturated heterocycles. The van der Waals surface area contributed by atoms with Crippen LogP contribution in [0.3, 0.4) is 0 Å². The van der Waals surface area contributed by atoms with E-state index in [0.29, 0.717) is 13.1 Å². The topological polar surface area (TPSA) is 69.6 Å². The lowest BCUT2D eigenvalue weighted by Crippen LogP contribution is -2.53. The van der Waals surface area contributed by atoms with E-state index in [1.165, 1.54) is 19.6 Å². The minimum atomic E-state index is -0.335. The summed E-state index contributed by atoms with van der Waals surface area (Å²) in [6, 6.07) is 5.11. The van der Waals surface area contributed by atoms with E-state index in [9.17, 15) is 9.18 Å². The lowest BCUT2D eigenvalue weighted by atomic mass is 10.1. The number of halogens is 2. The fourth-order valence-electron chi connectivity index (χ4n) is 3.91. The van der Waals surface area contributed by atoms with Crippen LogP contribution in [0.15, 0.2) is 23.2 Å². The maximum absolute atomic E-state index is 14.0. The lowest BCUT2D eigenvalue weighted by Gasteiger charge is -2.37. The summed E-state index contributed by atoms with van der Waals surface area (Å²) in [5.74, 6) is 0.653. The van der Waals surface area contributed by atoms with Crippen molar-refractivity contribution in [3.63, 3.8) is 0 Å². The van der Waals surface area contributed by atoms with E-state index in [1.807, 2.05) is 6.07 Å². The summed E-state index contributed by atoms with van der Waals surface area (Å²) in [4.78, 5) is 22.7. The zero-order chi connectivity index (χ0) is 22.9. The molecule has 2 fully saturated rings. The molecule has 2 aliphatic rings. The van der Waals surface area contributed by atoms with Gasteiger partial charge in [0.1, 0.15) is 6.54 Å². The number of amides is 1. The molecule has 2 heterocycles. The van der Waals surface area contributed by atoms with Crippen molar-refractivity contribution in [3.05, 3.63) is 29.6 Å². The van der Waals surface area contributed by atoms with Crippen LogP contribution in [0.25, 0.3) is 0 Å². The molecule has 2 aliphatic heterocycles. The normalized spacial score (nSPS) is 19.6. The number of guanidine groups is 1. The molecule has 1 aromatic carbocycles. The fraction of sp³-hybridized carbons (Fsp3) is 0.652. The SMILES string of the molecule is COc1ccc(CN2CCN(C(=NCC(=O)N(C)C)NCC3CCCCO3)CC2)cc1F.I. The standard InChI is InChI=1S/C23H36FN5O3.HI/c1-27(2)22(30)16-26-23(25-15-19-6-4-5-13-32-19)29-11-9-28(10-12-29)17-18-7-8-21(31-3)20(24)14-18;/h7-8,14,19H,4-6,9-13,15-17H2,1-3H3,(H,25,26);1H. The van der Waals surface area contributed by atoms with Gasteiger partial charge in [-0.25, -0.2) is 9.38 Å². The fourth-order valence-corrected chi connectivity index (χ4v) is 3.91. The molecule has 1 atom stereocenters. The largest absolute Gasteiger partial charge is 0.494 e. The van der Waals surface area contributed by atoms with E-state index >= 15 is 0 Å². The van der Waals surface area contributed by atoms with Gasteiger partial charge in [-0.15, -0.1) is 24.0 Å². The molecule has 1 unspecified atom stereocenters. The smallest absolute Gasteiger partial charge is 0.243 e. The van der Waals surface area contributed by atoms with Crippen molar-refractivity contribution in [1.82, 2.24) is 20.0 Å². The monoisotopic (exact) mass is 577 g/mol. The number of carbonyl (C=O) groups excluding carboxylic acids is 1. The predicted molar refractivity (Wildman–Crippen MR) is 138 cm³/mol. The molecule has 0 aliphatic carbocycles. The Morgan fingerprint density at radius 2 is 2.03 bits per heavy atom. The van der Waals surface area contributed by atoms with Gasteiger partial charge in [0.05, 0.1) is 13.2 Å². The van der Waals surface area contributed by atoms with Crippen LogP contribution in [-0.4, -0.2) is 99.8 Å². The van der Waals surface area contributed by atoms with Gasteiger partial charge < -0.3 is 24.6 Å². The molecule has 33 heavy (non-hydrogen) atoms. The molecule has 1 N–H and O–H groups in total. The second kappa shape index (κ2) is 13.9. The number of methoxy groups -OCH3 is 1. The van der Waals surface area contributed by atoms with Gasteiger partial charge in [-0.1, -0.05) is 6.07 Å². The molecule has 8 nitrogen and oxygen atoms in total. The molecule has 0 saturated carbocycles. The molecule has 186 valence electrons. The van der Waals surface area contributed by atoms with Crippen molar-refractivity contribution in [2.24, 2.45) is 4.99 Å². The first-order valence-electron chi connectivity index (χ1n) is 11.4. The molecule has 10 heteroatoms. The van der Waals surface area contributed by atoms with E-state index in [4.69, 9.17) is 9.47 Å². The number of ether oxygens (including phenoxy) is 2. The van der Waals surface area contributed by atoms with Crippen LogP contribution in [0.4, 0.5) is 4.39 Å². The van der Waals surface area contributed by atoms with Gasteiger partial charge in [-0.3, -0.25) is 9.69 Å². The number of likely N-dealkylation sites (N-methyl/N-ethyl adjacent to an activating group) is 1. The summed E-state index contributed by atoms with van der Waals surface area (Å²) in [6.45, 7) is 5.53. The Kier molecular flexibility index (Phi) is 11.6. The molecule has 0 bridgehead atoms. The summed E-state index contributed by atoms with van der Waals surface area (Å²) in [5, 5.41) is 3.44. The molecule has 0 aromatic heterocycles. The number of piperazine rings is 1. The van der Waals surface area contributed by atoms with Gasteiger partial charge >= 0.3 is 0 Å². The van der Waals surface area contributed by atoms with Crippen molar-refractivity contribution < 1.29 is 18.7 Å². The molecule has 1 amide bonds. The summed E-state index contributed by atoms with van der Waals surface area (Å²) < 4.78 is 24.8. The van der Waals surface area contributed by atoms with Gasteiger partial charge in [0.15, 0.2) is 17.5 Å². The molecule has 0 radical (unpaired) electrons. The number of benzene rings is 1. The second-order valence-corrected chi connectivity index (χ2v) is 8.53. The Labute approximate surface area is 213 Å². The zero-order valence-electron chi connectivity index (χ0n) is 19.9. The Hall–Kier alpha value is -1.66. The minimum Gasteiger partial charge on any atom is -0.494 e. The van der Waals surface area contributed by atoms with Crippen LogP contribution < -0.4 is 10.1 Å². The third-order valence-electron chi connectivity index (χ3n) is 5.92. The molecule has 1 aromatic rings. The van der Waals surface area contributed by atoms with Crippen molar-refractivity contribution in [3.8, 4) is 5.75 Å². The van der Waals surface area contributed by atoms with Gasteiger partial charge in [-0.2, -0.15) is 0 Å². The van der Waals surface area contributed by atoms with Gasteiger partial charge in [0.2, 0.25) is 5.91 Å². The number of carbonyl (C=O) groups is 1. The lowest BCUT2D eigenvalue weighted by molar-refractivity contribution is -0.127. The number of hydrogen-bond acceptors (Lipinski definition) is 5. The molecular formula is C23H37FIN5O3. The second-order valence-electron chi connectivity index (χ2n) is 8.53. The van der Waals surface area contributed by atoms with Crippen LogP contribution in [0.1, 0.15) is 24.8 Å². The maximum atomic E-state index is 14.0. The van der Waals surface area contributed by atoms with E-state index in [1.54, 1.807) is 25.1 Å². The Morgan fingerprint density at radius 3 is 2.64 bits per heavy atom. The number of rotatable bonds is 7. The summed E-state index contributed by atoms with van der Waals surface area (Å²) >= 11 is 0. The number of nitrogens with one attached hydrogen (secondary N) is 1. The van der Waals surface area contributed by atoms with E-state index < -0.39 is 0 Å². The number of aliphatic imine (C=N–C) groups is 1.